The minimum Gasteiger partial charge on any atom is -0.493 e. The summed E-state index contributed by atoms with van der Waals surface area (Å²) in [5.41, 5.74) is 3.34. The average molecular weight is 345 g/mol. The molecule has 2 atom stereocenters. The Hall–Kier alpha value is -2.11. The lowest BCUT2D eigenvalue weighted by Gasteiger charge is -2.19. The fourth-order valence-corrected chi connectivity index (χ4v) is 3.45. The minimum absolute atomic E-state index is 0.0397. The van der Waals surface area contributed by atoms with Crippen molar-refractivity contribution in [3.8, 4) is 11.5 Å². The Morgan fingerprint density at radius 2 is 2.04 bits per heavy atom. The van der Waals surface area contributed by atoms with Crippen LogP contribution in [0.4, 0.5) is 4.39 Å². The number of hydrogen-bond acceptors (Lipinski definition) is 4. The van der Waals surface area contributed by atoms with Crippen molar-refractivity contribution in [2.24, 2.45) is 5.92 Å². The van der Waals surface area contributed by atoms with Gasteiger partial charge in [0.2, 0.25) is 0 Å². The largest absolute Gasteiger partial charge is 0.493 e. The number of fused-ring (bicyclic) bond motifs is 1. The first-order valence-corrected chi connectivity index (χ1v) is 8.54. The van der Waals surface area contributed by atoms with E-state index in [1.807, 2.05) is 24.3 Å². The summed E-state index contributed by atoms with van der Waals surface area (Å²) in [6, 6.07) is 10.9. The summed E-state index contributed by atoms with van der Waals surface area (Å²) >= 11 is 0. The molecule has 0 bridgehead atoms. The van der Waals surface area contributed by atoms with Crippen molar-refractivity contribution >= 4 is 0 Å². The van der Waals surface area contributed by atoms with E-state index in [4.69, 9.17) is 14.6 Å². The molecule has 0 radical (unpaired) electrons. The van der Waals surface area contributed by atoms with Gasteiger partial charge in [-0.3, -0.25) is 0 Å². The highest BCUT2D eigenvalue weighted by Gasteiger charge is 2.29. The van der Waals surface area contributed by atoms with Gasteiger partial charge >= 0.3 is 0 Å². The Balaban J connectivity index is 1.71. The summed E-state index contributed by atoms with van der Waals surface area (Å²) in [6.07, 6.45) is 0.963. The number of aliphatic hydroxyl groups excluding tert-OH is 1. The van der Waals surface area contributed by atoms with Crippen LogP contribution in [0.3, 0.4) is 0 Å². The first-order chi connectivity index (χ1) is 12.1. The van der Waals surface area contributed by atoms with Gasteiger partial charge in [-0.2, -0.15) is 0 Å². The van der Waals surface area contributed by atoms with Crippen molar-refractivity contribution in [3.05, 3.63) is 58.9 Å². The monoisotopic (exact) mass is 345 g/mol. The van der Waals surface area contributed by atoms with Crippen LogP contribution in [0.5, 0.6) is 11.5 Å². The topological polar surface area (TPSA) is 50.7 Å². The molecule has 1 aliphatic rings. The Labute approximate surface area is 147 Å². The molecular formula is C20H24FNO3. The van der Waals surface area contributed by atoms with E-state index < -0.39 is 0 Å². The predicted molar refractivity (Wildman–Crippen MR) is 94.4 cm³/mol. The second-order valence-electron chi connectivity index (χ2n) is 6.44. The number of aliphatic hydroxyl groups is 1. The molecule has 1 aliphatic carbocycles. The molecule has 0 unspecified atom stereocenters. The van der Waals surface area contributed by atoms with Crippen LogP contribution in [-0.4, -0.2) is 25.4 Å². The predicted octanol–water partition coefficient (Wildman–Crippen LogP) is 3.23. The third-order valence-electron chi connectivity index (χ3n) is 4.66. The van der Waals surface area contributed by atoms with E-state index in [1.54, 1.807) is 13.2 Å². The number of rotatable bonds is 7. The maximum Gasteiger partial charge on any atom is 0.161 e. The molecule has 5 heteroatoms. The van der Waals surface area contributed by atoms with Crippen molar-refractivity contribution in [1.82, 2.24) is 5.32 Å². The van der Waals surface area contributed by atoms with Crippen molar-refractivity contribution in [1.29, 1.82) is 0 Å². The van der Waals surface area contributed by atoms with Crippen LogP contribution < -0.4 is 14.8 Å². The molecule has 4 nitrogen and oxygen atoms in total. The van der Waals surface area contributed by atoms with Gasteiger partial charge in [0.25, 0.3) is 0 Å². The number of nitrogens with one attached hydrogen (secondary N) is 1. The third kappa shape index (κ3) is 3.94. The highest BCUT2D eigenvalue weighted by Crippen LogP contribution is 2.36. The summed E-state index contributed by atoms with van der Waals surface area (Å²) < 4.78 is 24.4. The molecule has 0 aromatic heterocycles. The molecule has 0 aliphatic heterocycles. The number of halogens is 1. The lowest BCUT2D eigenvalue weighted by Crippen LogP contribution is -2.23. The third-order valence-corrected chi connectivity index (χ3v) is 4.66. The van der Waals surface area contributed by atoms with Crippen LogP contribution in [0.25, 0.3) is 0 Å². The molecule has 3 rings (SSSR count). The molecular weight excluding hydrogens is 321 g/mol. The zero-order chi connectivity index (χ0) is 17.8. The van der Waals surface area contributed by atoms with Crippen LogP contribution in [0, 0.1) is 11.7 Å². The molecule has 0 fully saturated rings. The zero-order valence-corrected chi connectivity index (χ0v) is 14.6. The minimum atomic E-state index is -0.188. The maximum atomic E-state index is 13.6. The number of hydrogen-bond donors (Lipinski definition) is 2. The summed E-state index contributed by atoms with van der Waals surface area (Å²) in [6.45, 7) is 3.03. The Morgan fingerprint density at radius 1 is 1.20 bits per heavy atom. The summed E-state index contributed by atoms with van der Waals surface area (Å²) in [5, 5.41) is 12.4. The highest BCUT2D eigenvalue weighted by atomic mass is 19.1. The Kier molecular flexibility index (Phi) is 5.56. The average Bonchev–Trinajstić information content (AvgIpc) is 2.93. The van der Waals surface area contributed by atoms with E-state index in [0.29, 0.717) is 24.0 Å². The van der Waals surface area contributed by atoms with E-state index in [9.17, 15) is 4.39 Å². The first-order valence-electron chi connectivity index (χ1n) is 8.54. The van der Waals surface area contributed by atoms with Gasteiger partial charge in [0.1, 0.15) is 12.4 Å². The molecule has 0 amide bonds. The summed E-state index contributed by atoms with van der Waals surface area (Å²) in [5.74, 6) is 1.48. The number of methoxy groups -OCH3 is 1. The Morgan fingerprint density at radius 3 is 2.80 bits per heavy atom. The van der Waals surface area contributed by atoms with Crippen molar-refractivity contribution in [2.75, 3.05) is 20.3 Å². The molecule has 0 heterocycles. The fourth-order valence-electron chi connectivity index (χ4n) is 3.45. The van der Waals surface area contributed by atoms with Crippen LogP contribution in [-0.2, 0) is 13.0 Å². The molecule has 2 N–H and O–H groups in total. The van der Waals surface area contributed by atoms with E-state index in [0.717, 1.165) is 17.5 Å². The van der Waals surface area contributed by atoms with E-state index in [-0.39, 0.29) is 25.1 Å². The van der Waals surface area contributed by atoms with Gasteiger partial charge in [0.15, 0.2) is 11.5 Å². The van der Waals surface area contributed by atoms with Gasteiger partial charge in [-0.05, 0) is 53.3 Å². The van der Waals surface area contributed by atoms with Crippen LogP contribution in [0.1, 0.15) is 29.7 Å². The normalized spacial score (nSPS) is 18.9. The quantitative estimate of drug-likeness (QED) is 0.809. The van der Waals surface area contributed by atoms with Gasteiger partial charge in [0.05, 0.1) is 13.7 Å². The SMILES string of the molecule is COc1cc(CN[C@@H]2c3cc(F)ccc3C[C@@H]2C)ccc1OCCO. The van der Waals surface area contributed by atoms with Crippen molar-refractivity contribution in [2.45, 2.75) is 25.9 Å². The Bertz CT molecular complexity index is 735. The lowest BCUT2D eigenvalue weighted by molar-refractivity contribution is 0.196. The van der Waals surface area contributed by atoms with Crippen molar-refractivity contribution < 1.29 is 19.0 Å². The number of ether oxygens (including phenoxy) is 2. The molecule has 0 saturated heterocycles. The van der Waals surface area contributed by atoms with Gasteiger partial charge < -0.3 is 19.9 Å². The van der Waals surface area contributed by atoms with Crippen LogP contribution >= 0.6 is 0 Å². The van der Waals surface area contributed by atoms with Gasteiger partial charge in [-0.1, -0.05) is 19.1 Å². The molecule has 0 saturated carbocycles. The van der Waals surface area contributed by atoms with E-state index in [2.05, 4.69) is 12.2 Å². The molecule has 2 aromatic carbocycles. The molecule has 134 valence electrons. The first kappa shape index (κ1) is 17.7. The van der Waals surface area contributed by atoms with Crippen LogP contribution in [0.2, 0.25) is 0 Å². The summed E-state index contributed by atoms with van der Waals surface area (Å²) in [7, 11) is 1.59. The van der Waals surface area contributed by atoms with E-state index >= 15 is 0 Å². The second-order valence-corrected chi connectivity index (χ2v) is 6.44. The molecule has 2 aromatic rings. The standard InChI is InChI=1S/C20H24FNO3/c1-13-9-15-4-5-16(21)11-17(15)20(13)22-12-14-3-6-18(25-8-7-23)19(10-14)24-2/h3-6,10-11,13,20,22-23H,7-9,12H2,1-2H3/t13-,20-/m0/s1. The second kappa shape index (κ2) is 7.85. The smallest absolute Gasteiger partial charge is 0.161 e. The fraction of sp³-hybridized carbons (Fsp3) is 0.400. The van der Waals surface area contributed by atoms with Gasteiger partial charge in [-0.25, -0.2) is 4.39 Å². The van der Waals surface area contributed by atoms with Crippen molar-refractivity contribution in [3.63, 3.8) is 0 Å². The van der Waals surface area contributed by atoms with Gasteiger partial charge in [0, 0.05) is 12.6 Å². The zero-order valence-electron chi connectivity index (χ0n) is 14.6. The van der Waals surface area contributed by atoms with Gasteiger partial charge in [-0.15, -0.1) is 0 Å². The van der Waals surface area contributed by atoms with Crippen LogP contribution in [0.15, 0.2) is 36.4 Å². The molecule has 0 spiro atoms. The maximum absolute atomic E-state index is 13.6. The lowest BCUT2D eigenvalue weighted by atomic mass is 10.0. The highest BCUT2D eigenvalue weighted by molar-refractivity contribution is 5.43. The number of benzene rings is 2. The van der Waals surface area contributed by atoms with E-state index in [1.165, 1.54) is 11.6 Å². The summed E-state index contributed by atoms with van der Waals surface area (Å²) in [4.78, 5) is 0. The molecule has 25 heavy (non-hydrogen) atoms.